The van der Waals surface area contributed by atoms with Crippen LogP contribution in [0.4, 0.5) is 0 Å². The minimum absolute atomic E-state index is 0.0378. The van der Waals surface area contributed by atoms with Gasteiger partial charge in [-0.25, -0.2) is 9.36 Å². The first kappa shape index (κ1) is 23.1. The molecule has 9 heteroatoms. The molecule has 0 spiro atoms. The molecule has 0 aliphatic rings. The van der Waals surface area contributed by atoms with Crippen molar-refractivity contribution in [2.24, 2.45) is 11.8 Å². The number of phosphoric acid groups is 1. The molecule has 0 aromatic heterocycles. The highest BCUT2D eigenvalue weighted by molar-refractivity contribution is 7.47. The Morgan fingerprint density at radius 2 is 1.71 bits per heavy atom. The van der Waals surface area contributed by atoms with Gasteiger partial charge in [-0.05, 0) is 31.6 Å². The summed E-state index contributed by atoms with van der Waals surface area (Å²) in [6.07, 6.45) is 0.352. The molecule has 3 atom stereocenters. The molecule has 0 aromatic carbocycles. The summed E-state index contributed by atoms with van der Waals surface area (Å²) in [7, 11) is -4.39. The van der Waals surface area contributed by atoms with Crippen LogP contribution in [0.1, 0.15) is 53.9 Å². The summed E-state index contributed by atoms with van der Waals surface area (Å²) in [5.74, 6) is -1.30. The number of phosphoric ester groups is 1. The van der Waals surface area contributed by atoms with Crippen LogP contribution in [-0.4, -0.2) is 40.6 Å². The van der Waals surface area contributed by atoms with Crippen molar-refractivity contribution in [1.29, 1.82) is 0 Å². The van der Waals surface area contributed by atoms with Crippen LogP contribution in [-0.2, 0) is 23.2 Å². The van der Waals surface area contributed by atoms with Crippen molar-refractivity contribution in [1.82, 2.24) is 5.32 Å². The number of hydrogen-bond donors (Lipinski definition) is 3. The molecule has 142 valence electrons. The van der Waals surface area contributed by atoms with Gasteiger partial charge in [0.1, 0.15) is 0 Å². The SMILES string of the molecule is CC(C)CCCOP(=O)(O)OC(C)C(NC(=O)CC(C)C)C(=O)O. The van der Waals surface area contributed by atoms with Gasteiger partial charge in [0.2, 0.25) is 5.91 Å². The molecule has 3 N–H and O–H groups in total. The van der Waals surface area contributed by atoms with Crippen LogP contribution in [0.15, 0.2) is 0 Å². The molecule has 0 saturated heterocycles. The zero-order chi connectivity index (χ0) is 18.9. The van der Waals surface area contributed by atoms with Gasteiger partial charge in [0.25, 0.3) is 0 Å². The van der Waals surface area contributed by atoms with E-state index >= 15 is 0 Å². The highest BCUT2D eigenvalue weighted by Gasteiger charge is 2.34. The van der Waals surface area contributed by atoms with Gasteiger partial charge in [0, 0.05) is 6.42 Å². The summed E-state index contributed by atoms with van der Waals surface area (Å²) in [5.41, 5.74) is 0. The van der Waals surface area contributed by atoms with Gasteiger partial charge >= 0.3 is 13.8 Å². The number of nitrogens with one attached hydrogen (secondary N) is 1. The van der Waals surface area contributed by atoms with E-state index in [1.165, 1.54) is 6.92 Å². The molecule has 0 bridgehead atoms. The smallest absolute Gasteiger partial charge is 0.472 e. The van der Waals surface area contributed by atoms with E-state index in [2.05, 4.69) is 5.32 Å². The van der Waals surface area contributed by atoms with E-state index in [0.29, 0.717) is 12.3 Å². The van der Waals surface area contributed by atoms with Crippen molar-refractivity contribution in [2.45, 2.75) is 66.0 Å². The topological polar surface area (TPSA) is 122 Å². The summed E-state index contributed by atoms with van der Waals surface area (Å²) >= 11 is 0. The first-order valence-electron chi connectivity index (χ1n) is 8.12. The Bertz CT molecular complexity index is 453. The maximum Gasteiger partial charge on any atom is 0.472 e. The molecule has 0 radical (unpaired) electrons. The van der Waals surface area contributed by atoms with Gasteiger partial charge in [-0.15, -0.1) is 0 Å². The molecule has 0 heterocycles. The van der Waals surface area contributed by atoms with Crippen molar-refractivity contribution in [3.05, 3.63) is 0 Å². The number of aliphatic carboxylic acids is 1. The van der Waals surface area contributed by atoms with E-state index in [4.69, 9.17) is 9.05 Å². The molecular weight excluding hydrogens is 337 g/mol. The maximum atomic E-state index is 11.9. The number of carboxylic acids is 1. The lowest BCUT2D eigenvalue weighted by Gasteiger charge is -2.24. The number of amides is 1. The minimum Gasteiger partial charge on any atom is -0.480 e. The van der Waals surface area contributed by atoms with E-state index in [0.717, 1.165) is 6.42 Å². The lowest BCUT2D eigenvalue weighted by molar-refractivity contribution is -0.144. The fourth-order valence-corrected chi connectivity index (χ4v) is 2.92. The second-order valence-corrected chi connectivity index (χ2v) is 8.04. The van der Waals surface area contributed by atoms with Crippen molar-refractivity contribution < 1.29 is 33.2 Å². The van der Waals surface area contributed by atoms with Crippen molar-refractivity contribution in [3.8, 4) is 0 Å². The van der Waals surface area contributed by atoms with E-state index in [1.54, 1.807) is 0 Å². The third-order valence-electron chi connectivity index (χ3n) is 3.13. The molecule has 0 aliphatic carbocycles. The first-order chi connectivity index (χ1) is 10.9. The van der Waals surface area contributed by atoms with Crippen LogP contribution in [0.25, 0.3) is 0 Å². The summed E-state index contributed by atoms with van der Waals surface area (Å²) < 4.78 is 21.6. The molecule has 0 aromatic rings. The third kappa shape index (κ3) is 10.8. The van der Waals surface area contributed by atoms with Gasteiger partial charge in [0.15, 0.2) is 6.04 Å². The average Bonchev–Trinajstić information content (AvgIpc) is 2.39. The molecule has 3 unspecified atom stereocenters. The van der Waals surface area contributed by atoms with Gasteiger partial charge in [0.05, 0.1) is 12.7 Å². The van der Waals surface area contributed by atoms with Crippen LogP contribution in [0.5, 0.6) is 0 Å². The van der Waals surface area contributed by atoms with Crippen LogP contribution < -0.4 is 5.32 Å². The summed E-state index contributed by atoms with van der Waals surface area (Å²) in [6, 6.07) is -1.43. The summed E-state index contributed by atoms with van der Waals surface area (Å²) in [5, 5.41) is 11.5. The molecule has 1 amide bonds. The van der Waals surface area contributed by atoms with Crippen LogP contribution in [0, 0.1) is 11.8 Å². The van der Waals surface area contributed by atoms with Crippen LogP contribution >= 0.6 is 7.82 Å². The second kappa shape index (κ2) is 10.8. The quantitative estimate of drug-likeness (QED) is 0.358. The third-order valence-corrected chi connectivity index (χ3v) is 4.23. The number of carbonyl (C=O) groups excluding carboxylic acids is 1. The van der Waals surface area contributed by atoms with E-state index in [1.807, 2.05) is 27.7 Å². The Balaban J connectivity index is 4.58. The highest BCUT2D eigenvalue weighted by atomic mass is 31.2. The predicted molar refractivity (Wildman–Crippen MR) is 89.4 cm³/mol. The lowest BCUT2D eigenvalue weighted by atomic mass is 10.1. The van der Waals surface area contributed by atoms with Gasteiger partial charge in [-0.2, -0.15) is 0 Å². The largest absolute Gasteiger partial charge is 0.480 e. The Kier molecular flexibility index (Phi) is 10.4. The molecule has 24 heavy (non-hydrogen) atoms. The lowest BCUT2D eigenvalue weighted by Crippen LogP contribution is -2.48. The minimum atomic E-state index is -4.39. The zero-order valence-electron chi connectivity index (χ0n) is 15.0. The molecular formula is C15H30NO7P. The Morgan fingerprint density at radius 3 is 2.17 bits per heavy atom. The Morgan fingerprint density at radius 1 is 1.12 bits per heavy atom. The molecule has 0 saturated carbocycles. The maximum absolute atomic E-state index is 11.9. The van der Waals surface area contributed by atoms with E-state index in [-0.39, 0.29) is 18.9 Å². The molecule has 0 fully saturated rings. The number of rotatable bonds is 12. The number of hydrogen-bond acceptors (Lipinski definition) is 5. The second-order valence-electron chi connectivity index (χ2n) is 6.63. The van der Waals surface area contributed by atoms with E-state index in [9.17, 15) is 24.2 Å². The van der Waals surface area contributed by atoms with Crippen LogP contribution in [0.2, 0.25) is 0 Å². The first-order valence-corrected chi connectivity index (χ1v) is 9.62. The zero-order valence-corrected chi connectivity index (χ0v) is 15.9. The fourth-order valence-electron chi connectivity index (χ4n) is 1.96. The molecule has 0 rings (SSSR count). The van der Waals surface area contributed by atoms with E-state index < -0.39 is 31.8 Å². The number of carboxylic acid groups (broad SMARTS) is 1. The van der Waals surface area contributed by atoms with Gasteiger partial charge in [-0.1, -0.05) is 27.7 Å². The monoisotopic (exact) mass is 367 g/mol. The van der Waals surface area contributed by atoms with Crippen molar-refractivity contribution in [3.63, 3.8) is 0 Å². The highest BCUT2D eigenvalue weighted by Crippen LogP contribution is 2.45. The normalized spacial score (nSPS) is 16.7. The summed E-state index contributed by atoms with van der Waals surface area (Å²) in [4.78, 5) is 32.7. The number of carbonyl (C=O) groups is 2. The fraction of sp³-hybridized carbons (Fsp3) is 0.867. The molecule has 0 aliphatic heterocycles. The van der Waals surface area contributed by atoms with Crippen molar-refractivity contribution >= 4 is 19.7 Å². The van der Waals surface area contributed by atoms with Crippen LogP contribution in [0.3, 0.4) is 0 Å². The predicted octanol–water partition coefficient (Wildman–Crippen LogP) is 2.56. The van der Waals surface area contributed by atoms with Gasteiger partial charge < -0.3 is 15.3 Å². The standard InChI is InChI=1S/C15H30NO7P/c1-10(2)7-6-8-22-24(20,21)23-12(5)14(15(18)19)16-13(17)9-11(3)4/h10-12,14H,6-9H2,1-5H3,(H,16,17)(H,18,19)(H,20,21). The van der Waals surface area contributed by atoms with Gasteiger partial charge in [-0.3, -0.25) is 13.8 Å². The summed E-state index contributed by atoms with van der Waals surface area (Å²) in [6.45, 7) is 9.03. The average molecular weight is 367 g/mol. The molecule has 8 nitrogen and oxygen atoms in total. The Hall–Kier alpha value is -0.950. The Labute approximate surface area is 143 Å². The van der Waals surface area contributed by atoms with Crippen molar-refractivity contribution in [2.75, 3.05) is 6.61 Å².